The molecule has 1 amide bonds. The molecule has 3 heteroatoms. The third-order valence-corrected chi connectivity index (χ3v) is 5.97. The molecule has 168 valence electrons. The van der Waals surface area contributed by atoms with Gasteiger partial charge in [0, 0.05) is 32.6 Å². The highest BCUT2D eigenvalue weighted by molar-refractivity contribution is 5.73. The van der Waals surface area contributed by atoms with E-state index >= 15 is 0 Å². The number of hydrogen-bond donors (Lipinski definition) is 0. The number of benzene rings is 1. The standard InChI is InChI=1S/C18H32N2O.C9H12/c1-5-7-8-16(3)9-13-19-14-10-18(11-15-19)20(12-6-2)17(4)21;1-3-9-6-4-8(2)5-7-9/h5-7,16,18H,2,8-15H2,1,3-4H3;4-7H,3H2,1-2H3/b7-5+;. The van der Waals surface area contributed by atoms with Gasteiger partial charge in [-0.05, 0) is 64.0 Å². The Morgan fingerprint density at radius 1 is 1.27 bits per heavy atom. The lowest BCUT2D eigenvalue weighted by atomic mass is 10.00. The number of piperidine rings is 1. The molecule has 0 radical (unpaired) electrons. The predicted molar refractivity (Wildman–Crippen MR) is 131 cm³/mol. The van der Waals surface area contributed by atoms with E-state index in [1.807, 2.05) is 11.0 Å². The van der Waals surface area contributed by atoms with E-state index in [1.54, 1.807) is 6.92 Å². The molecule has 0 aromatic heterocycles. The summed E-state index contributed by atoms with van der Waals surface area (Å²) in [7, 11) is 0. The Hall–Kier alpha value is -1.87. The second-order valence-corrected chi connectivity index (χ2v) is 8.57. The molecule has 2 rings (SSSR count). The lowest BCUT2D eigenvalue weighted by Gasteiger charge is -2.38. The zero-order valence-electron chi connectivity index (χ0n) is 20.1. The average molecular weight is 413 g/mol. The molecule has 1 aromatic rings. The fourth-order valence-electron chi connectivity index (χ4n) is 3.84. The third kappa shape index (κ3) is 10.2. The highest BCUT2D eigenvalue weighted by atomic mass is 16.2. The van der Waals surface area contributed by atoms with Crippen LogP contribution in [0.5, 0.6) is 0 Å². The maximum absolute atomic E-state index is 11.7. The number of carbonyl (C=O) groups excluding carboxylic acids is 1. The van der Waals surface area contributed by atoms with Crippen LogP contribution < -0.4 is 0 Å². The zero-order chi connectivity index (χ0) is 22.4. The molecular weight excluding hydrogens is 368 g/mol. The summed E-state index contributed by atoms with van der Waals surface area (Å²) in [4.78, 5) is 16.2. The van der Waals surface area contributed by atoms with E-state index < -0.39 is 0 Å². The Morgan fingerprint density at radius 2 is 1.90 bits per heavy atom. The van der Waals surface area contributed by atoms with E-state index in [9.17, 15) is 4.79 Å². The number of likely N-dealkylation sites (tertiary alicyclic amines) is 1. The van der Waals surface area contributed by atoms with Crippen LogP contribution in [-0.2, 0) is 11.2 Å². The number of allylic oxidation sites excluding steroid dienone is 2. The van der Waals surface area contributed by atoms with Gasteiger partial charge in [0.15, 0.2) is 0 Å². The molecule has 0 spiro atoms. The predicted octanol–water partition coefficient (Wildman–Crippen LogP) is 6.04. The lowest BCUT2D eigenvalue weighted by molar-refractivity contribution is -0.131. The van der Waals surface area contributed by atoms with Crippen molar-refractivity contribution >= 4 is 5.91 Å². The molecule has 1 atom stereocenters. The molecule has 1 fully saturated rings. The monoisotopic (exact) mass is 412 g/mol. The molecule has 30 heavy (non-hydrogen) atoms. The summed E-state index contributed by atoms with van der Waals surface area (Å²) in [5.74, 6) is 0.932. The molecule has 0 bridgehead atoms. The summed E-state index contributed by atoms with van der Waals surface area (Å²) in [6.07, 6.45) is 12.0. The van der Waals surface area contributed by atoms with Crippen LogP contribution in [0.15, 0.2) is 49.1 Å². The molecule has 1 saturated heterocycles. The van der Waals surface area contributed by atoms with Crippen molar-refractivity contribution in [2.24, 2.45) is 5.92 Å². The van der Waals surface area contributed by atoms with Gasteiger partial charge in [0.2, 0.25) is 5.91 Å². The smallest absolute Gasteiger partial charge is 0.219 e. The largest absolute Gasteiger partial charge is 0.336 e. The minimum absolute atomic E-state index is 0.174. The first-order valence-electron chi connectivity index (χ1n) is 11.7. The van der Waals surface area contributed by atoms with Gasteiger partial charge in [0.05, 0.1) is 0 Å². The number of hydrogen-bond acceptors (Lipinski definition) is 2. The van der Waals surface area contributed by atoms with Crippen LogP contribution in [0.4, 0.5) is 0 Å². The van der Waals surface area contributed by atoms with E-state index in [-0.39, 0.29) is 5.91 Å². The summed E-state index contributed by atoms with van der Waals surface area (Å²) in [6.45, 7) is 18.2. The van der Waals surface area contributed by atoms with E-state index in [0.717, 1.165) is 38.3 Å². The van der Waals surface area contributed by atoms with Gasteiger partial charge >= 0.3 is 0 Å². The third-order valence-electron chi connectivity index (χ3n) is 5.97. The summed E-state index contributed by atoms with van der Waals surface area (Å²) in [6, 6.07) is 9.06. The van der Waals surface area contributed by atoms with E-state index in [4.69, 9.17) is 0 Å². The van der Waals surface area contributed by atoms with Crippen molar-refractivity contribution in [3.05, 3.63) is 60.2 Å². The summed E-state index contributed by atoms with van der Waals surface area (Å²) in [5.41, 5.74) is 2.76. The maximum Gasteiger partial charge on any atom is 0.219 e. The summed E-state index contributed by atoms with van der Waals surface area (Å²) in [5, 5.41) is 0. The Morgan fingerprint density at radius 3 is 2.40 bits per heavy atom. The molecule has 1 aromatic carbocycles. The van der Waals surface area contributed by atoms with Gasteiger partial charge in [0.1, 0.15) is 0 Å². The van der Waals surface area contributed by atoms with Gasteiger partial charge in [-0.3, -0.25) is 4.79 Å². The molecule has 1 aliphatic rings. The fraction of sp³-hybridized carbons (Fsp3) is 0.593. The minimum atomic E-state index is 0.174. The molecule has 1 heterocycles. The number of aryl methyl sites for hydroxylation is 2. The van der Waals surface area contributed by atoms with Crippen molar-refractivity contribution in [1.82, 2.24) is 9.80 Å². The minimum Gasteiger partial charge on any atom is -0.336 e. The maximum atomic E-state index is 11.7. The van der Waals surface area contributed by atoms with Crippen molar-refractivity contribution in [2.75, 3.05) is 26.2 Å². The van der Waals surface area contributed by atoms with Gasteiger partial charge < -0.3 is 9.80 Å². The van der Waals surface area contributed by atoms with Gasteiger partial charge in [-0.25, -0.2) is 0 Å². The Bertz CT molecular complexity index is 627. The van der Waals surface area contributed by atoms with Gasteiger partial charge in [-0.2, -0.15) is 0 Å². The summed E-state index contributed by atoms with van der Waals surface area (Å²) >= 11 is 0. The van der Waals surface area contributed by atoms with E-state index in [2.05, 4.69) is 75.6 Å². The van der Waals surface area contributed by atoms with Crippen molar-refractivity contribution in [3.8, 4) is 0 Å². The number of amides is 1. The van der Waals surface area contributed by atoms with Crippen LogP contribution in [0.2, 0.25) is 0 Å². The topological polar surface area (TPSA) is 23.6 Å². The van der Waals surface area contributed by atoms with Crippen LogP contribution in [0, 0.1) is 12.8 Å². The zero-order valence-corrected chi connectivity index (χ0v) is 20.1. The number of nitrogens with zero attached hydrogens (tertiary/aromatic N) is 2. The Labute approximate surface area is 185 Å². The molecule has 0 saturated carbocycles. The fourth-order valence-corrected chi connectivity index (χ4v) is 3.84. The molecule has 0 aliphatic carbocycles. The molecule has 3 nitrogen and oxygen atoms in total. The quantitative estimate of drug-likeness (QED) is 0.462. The number of carbonyl (C=O) groups is 1. The molecule has 0 N–H and O–H groups in total. The van der Waals surface area contributed by atoms with Crippen LogP contribution in [-0.4, -0.2) is 47.9 Å². The van der Waals surface area contributed by atoms with Crippen molar-refractivity contribution in [3.63, 3.8) is 0 Å². The van der Waals surface area contributed by atoms with Crippen LogP contribution in [0.1, 0.15) is 64.5 Å². The second-order valence-electron chi connectivity index (χ2n) is 8.57. The van der Waals surface area contributed by atoms with Gasteiger partial charge in [-0.15, -0.1) is 6.58 Å². The second kappa shape index (κ2) is 15.0. The first-order chi connectivity index (χ1) is 14.4. The van der Waals surface area contributed by atoms with Crippen molar-refractivity contribution in [1.29, 1.82) is 0 Å². The van der Waals surface area contributed by atoms with Crippen LogP contribution >= 0.6 is 0 Å². The van der Waals surface area contributed by atoms with Gasteiger partial charge in [0.25, 0.3) is 0 Å². The highest BCUT2D eigenvalue weighted by Crippen LogP contribution is 2.18. The van der Waals surface area contributed by atoms with Crippen LogP contribution in [0.3, 0.4) is 0 Å². The normalized spacial score (nSPS) is 16.0. The van der Waals surface area contributed by atoms with E-state index in [1.165, 1.54) is 30.5 Å². The summed E-state index contributed by atoms with van der Waals surface area (Å²) < 4.78 is 0. The van der Waals surface area contributed by atoms with Gasteiger partial charge in [-0.1, -0.05) is 61.9 Å². The highest BCUT2D eigenvalue weighted by Gasteiger charge is 2.25. The SMILES string of the molecule is C=CCN(C(C)=O)C1CCN(CCC(C)C/C=C/C)CC1.CCc1ccc(C)cc1. The average Bonchev–Trinajstić information content (AvgIpc) is 2.76. The lowest BCUT2D eigenvalue weighted by Crippen LogP contribution is -2.47. The Kier molecular flexibility index (Phi) is 13.1. The van der Waals surface area contributed by atoms with E-state index in [0.29, 0.717) is 12.6 Å². The first-order valence-corrected chi connectivity index (χ1v) is 11.7. The van der Waals surface area contributed by atoms with Crippen molar-refractivity contribution < 1.29 is 4.79 Å². The molecule has 1 aliphatic heterocycles. The van der Waals surface area contributed by atoms with Crippen molar-refractivity contribution in [2.45, 2.75) is 72.8 Å². The van der Waals surface area contributed by atoms with Crippen LogP contribution in [0.25, 0.3) is 0 Å². The molecule has 1 unspecified atom stereocenters. The first kappa shape index (κ1) is 26.2. The Balaban J connectivity index is 0.000000414. The number of rotatable bonds is 9. The molecular formula is C27H44N2O.